The number of pyridine rings is 1. The number of thiazole rings is 1. The topological polar surface area (TPSA) is 125 Å². The van der Waals surface area contributed by atoms with Gasteiger partial charge in [0.25, 0.3) is 5.91 Å². The Morgan fingerprint density at radius 2 is 1.97 bits per heavy atom. The molecule has 1 aromatic carbocycles. The number of benzene rings is 1. The van der Waals surface area contributed by atoms with Crippen molar-refractivity contribution in [1.29, 1.82) is 0 Å². The molecule has 0 unspecified atom stereocenters. The predicted molar refractivity (Wildman–Crippen MR) is 150 cm³/mol. The highest BCUT2D eigenvalue weighted by atomic mass is 32.2. The molecule has 2 fully saturated rings. The lowest BCUT2D eigenvalue weighted by Gasteiger charge is -2.26. The fourth-order valence-corrected chi connectivity index (χ4v) is 7.24. The van der Waals surface area contributed by atoms with Gasteiger partial charge >= 0.3 is 0 Å². The van der Waals surface area contributed by atoms with Crippen molar-refractivity contribution in [1.82, 2.24) is 20.2 Å². The van der Waals surface area contributed by atoms with Crippen LogP contribution in [0.15, 0.2) is 35.2 Å². The van der Waals surface area contributed by atoms with E-state index in [1.165, 1.54) is 11.3 Å². The number of hydrogen-bond donors (Lipinski definition) is 2. The number of rotatable bonds is 7. The van der Waals surface area contributed by atoms with Crippen LogP contribution < -0.4 is 15.5 Å². The first-order valence-corrected chi connectivity index (χ1v) is 15.7. The van der Waals surface area contributed by atoms with Crippen LogP contribution in [0.2, 0.25) is 0 Å². The number of sulfone groups is 1. The zero-order valence-corrected chi connectivity index (χ0v) is 23.7. The van der Waals surface area contributed by atoms with Crippen molar-refractivity contribution in [2.45, 2.75) is 44.2 Å². The second-order valence-corrected chi connectivity index (χ2v) is 13.4. The molecule has 0 radical (unpaired) electrons. The molecular formula is C27H30N6O4S2. The summed E-state index contributed by atoms with van der Waals surface area (Å²) in [7, 11) is -3.65. The SMILES string of the molecule is Cc1nc(Nc2cccc(N3CCNCC3=O)n2)sc1-c1cc2c(c(S(C)(=O)=O)c1)C(=O)N([C@@H](C)C1CC1)C2. The largest absolute Gasteiger partial charge is 0.331 e. The molecule has 1 saturated carbocycles. The van der Waals surface area contributed by atoms with Gasteiger partial charge in [0.2, 0.25) is 5.91 Å². The molecule has 1 saturated heterocycles. The van der Waals surface area contributed by atoms with Gasteiger partial charge < -0.3 is 15.5 Å². The highest BCUT2D eigenvalue weighted by molar-refractivity contribution is 7.90. The molecule has 0 bridgehead atoms. The molecule has 6 rings (SSSR count). The first kappa shape index (κ1) is 25.9. The van der Waals surface area contributed by atoms with Gasteiger partial charge in [-0.15, -0.1) is 0 Å². The smallest absolute Gasteiger partial charge is 0.256 e. The van der Waals surface area contributed by atoms with Crippen molar-refractivity contribution in [2.24, 2.45) is 5.92 Å². The van der Waals surface area contributed by atoms with Crippen molar-refractivity contribution in [2.75, 3.05) is 36.1 Å². The maximum atomic E-state index is 13.3. The number of anilines is 3. The summed E-state index contributed by atoms with van der Waals surface area (Å²) in [5.41, 5.74) is 2.50. The van der Waals surface area contributed by atoms with Gasteiger partial charge in [-0.25, -0.2) is 18.4 Å². The van der Waals surface area contributed by atoms with E-state index in [1.54, 1.807) is 17.0 Å². The third-order valence-electron chi connectivity index (χ3n) is 7.59. The van der Waals surface area contributed by atoms with E-state index in [-0.39, 0.29) is 29.3 Å². The normalized spacial score (nSPS) is 18.4. The minimum Gasteiger partial charge on any atom is -0.331 e. The number of amides is 2. The molecule has 4 heterocycles. The van der Waals surface area contributed by atoms with Gasteiger partial charge in [-0.3, -0.25) is 14.5 Å². The van der Waals surface area contributed by atoms with E-state index in [2.05, 4.69) is 27.5 Å². The Morgan fingerprint density at radius 3 is 2.69 bits per heavy atom. The third kappa shape index (κ3) is 4.92. The molecule has 2 amide bonds. The van der Waals surface area contributed by atoms with Crippen LogP contribution in [0, 0.1) is 12.8 Å². The highest BCUT2D eigenvalue weighted by Crippen LogP contribution is 2.42. The third-order valence-corrected chi connectivity index (χ3v) is 9.83. The Morgan fingerprint density at radius 1 is 1.18 bits per heavy atom. The van der Waals surface area contributed by atoms with Crippen molar-refractivity contribution in [3.63, 3.8) is 0 Å². The molecule has 1 aliphatic carbocycles. The average Bonchev–Trinajstić information content (AvgIpc) is 3.61. The van der Waals surface area contributed by atoms with Gasteiger partial charge in [-0.2, -0.15) is 0 Å². The van der Waals surface area contributed by atoms with Crippen LogP contribution in [0.1, 0.15) is 41.4 Å². The lowest BCUT2D eigenvalue weighted by Crippen LogP contribution is -2.48. The molecule has 2 aliphatic heterocycles. The van der Waals surface area contributed by atoms with Gasteiger partial charge in [0.1, 0.15) is 11.6 Å². The quantitative estimate of drug-likeness (QED) is 0.446. The Kier molecular flexibility index (Phi) is 6.43. The van der Waals surface area contributed by atoms with Gasteiger partial charge in [-0.05, 0) is 68.0 Å². The van der Waals surface area contributed by atoms with Crippen molar-refractivity contribution in [3.05, 3.63) is 47.2 Å². The van der Waals surface area contributed by atoms with E-state index < -0.39 is 9.84 Å². The van der Waals surface area contributed by atoms with Crippen LogP contribution in [0.4, 0.5) is 16.8 Å². The van der Waals surface area contributed by atoms with Crippen LogP contribution in [0.5, 0.6) is 0 Å². The fraction of sp³-hybridized carbons (Fsp3) is 0.407. The number of fused-ring (bicyclic) bond motifs is 1. The first-order chi connectivity index (χ1) is 18.6. The minimum atomic E-state index is -3.65. The summed E-state index contributed by atoms with van der Waals surface area (Å²) in [6.07, 6.45) is 3.36. The summed E-state index contributed by atoms with van der Waals surface area (Å²) in [4.78, 5) is 39.3. The summed E-state index contributed by atoms with van der Waals surface area (Å²) in [6, 6.07) is 9.08. The number of piperazine rings is 1. The Balaban J connectivity index is 1.31. The zero-order chi connectivity index (χ0) is 27.5. The second-order valence-electron chi connectivity index (χ2n) is 10.5. The Hall–Kier alpha value is -3.35. The number of aryl methyl sites for hydroxylation is 1. The molecule has 1 atom stereocenters. The van der Waals surface area contributed by atoms with E-state index in [0.29, 0.717) is 47.9 Å². The first-order valence-electron chi connectivity index (χ1n) is 13.0. The van der Waals surface area contributed by atoms with E-state index >= 15 is 0 Å². The van der Waals surface area contributed by atoms with Crippen LogP contribution in [-0.2, 0) is 21.2 Å². The lowest BCUT2D eigenvalue weighted by atomic mass is 10.0. The average molecular weight is 567 g/mol. The Labute approximate surface area is 231 Å². The van der Waals surface area contributed by atoms with Gasteiger partial charge in [-0.1, -0.05) is 17.4 Å². The van der Waals surface area contributed by atoms with Crippen LogP contribution in [0.25, 0.3) is 10.4 Å². The summed E-state index contributed by atoms with van der Waals surface area (Å²) in [6.45, 7) is 5.88. The van der Waals surface area contributed by atoms with Gasteiger partial charge in [0, 0.05) is 31.9 Å². The van der Waals surface area contributed by atoms with E-state index in [1.807, 2.05) is 30.0 Å². The molecule has 2 aromatic heterocycles. The van der Waals surface area contributed by atoms with Crippen LogP contribution in [0.3, 0.4) is 0 Å². The summed E-state index contributed by atoms with van der Waals surface area (Å²) >= 11 is 1.39. The summed E-state index contributed by atoms with van der Waals surface area (Å²) in [5.74, 6) is 1.39. The molecule has 3 aromatic rings. The standard InChI is InChI=1S/C27H30N6O4S2/c1-15-25(38-27(29-15)31-21-5-4-6-22(30-21)32-10-9-28-13-23(32)34)18-11-19-14-33(16(2)17-7-8-17)26(35)24(19)20(12-18)39(3,36)37/h4-6,11-12,16-17,28H,7-10,13-14H2,1-3H3,(H,29,30,31)/t16-/m0/s1. The predicted octanol–water partition coefficient (Wildman–Crippen LogP) is 3.35. The minimum absolute atomic E-state index is 0.0276. The lowest BCUT2D eigenvalue weighted by molar-refractivity contribution is -0.118. The van der Waals surface area contributed by atoms with Crippen LogP contribution >= 0.6 is 11.3 Å². The van der Waals surface area contributed by atoms with E-state index in [4.69, 9.17) is 0 Å². The summed E-state index contributed by atoms with van der Waals surface area (Å²) in [5, 5.41) is 6.89. The molecular weight excluding hydrogens is 536 g/mol. The number of nitrogens with zero attached hydrogens (tertiary/aromatic N) is 4. The second kappa shape index (κ2) is 9.68. The fourth-order valence-electron chi connectivity index (χ4n) is 5.34. The number of aromatic nitrogens is 2. The molecule has 3 aliphatic rings. The molecule has 39 heavy (non-hydrogen) atoms. The van der Waals surface area contributed by atoms with Gasteiger partial charge in [0.05, 0.1) is 27.6 Å². The number of carbonyl (C=O) groups is 2. The van der Waals surface area contributed by atoms with Crippen LogP contribution in [-0.4, -0.2) is 67.0 Å². The maximum absolute atomic E-state index is 13.3. The number of nitrogens with one attached hydrogen (secondary N) is 2. The van der Waals surface area contributed by atoms with Crippen molar-refractivity contribution < 1.29 is 18.0 Å². The number of hydrogen-bond acceptors (Lipinski definition) is 9. The zero-order valence-electron chi connectivity index (χ0n) is 22.0. The van der Waals surface area contributed by atoms with Crippen molar-refractivity contribution in [3.8, 4) is 10.4 Å². The highest BCUT2D eigenvalue weighted by Gasteiger charge is 2.41. The molecule has 204 valence electrons. The molecule has 10 nitrogen and oxygen atoms in total. The maximum Gasteiger partial charge on any atom is 0.256 e. The van der Waals surface area contributed by atoms with E-state index in [9.17, 15) is 18.0 Å². The Bertz CT molecular complexity index is 1600. The van der Waals surface area contributed by atoms with Gasteiger partial charge in [0.15, 0.2) is 15.0 Å². The van der Waals surface area contributed by atoms with Crippen molar-refractivity contribution >= 4 is 49.8 Å². The monoisotopic (exact) mass is 566 g/mol. The van der Waals surface area contributed by atoms with E-state index in [0.717, 1.165) is 40.8 Å². The number of carbonyl (C=O) groups excluding carboxylic acids is 2. The molecule has 12 heteroatoms. The molecule has 0 spiro atoms. The molecule has 2 N–H and O–H groups in total. The summed E-state index contributed by atoms with van der Waals surface area (Å²) < 4.78 is 25.7.